The summed E-state index contributed by atoms with van der Waals surface area (Å²) in [6.07, 6.45) is 8.10. The molecule has 110 valence electrons. The number of furan rings is 1. The van der Waals surface area contributed by atoms with E-state index in [1.54, 1.807) is 6.07 Å². The van der Waals surface area contributed by atoms with Crippen LogP contribution in [0.15, 0.2) is 16.5 Å². The smallest absolute Gasteiger partial charge is 0.373 e. The van der Waals surface area contributed by atoms with Crippen LogP contribution in [0.25, 0.3) is 0 Å². The van der Waals surface area contributed by atoms with Gasteiger partial charge in [-0.05, 0) is 50.3 Å². The summed E-state index contributed by atoms with van der Waals surface area (Å²) in [5.41, 5.74) is 0. The monoisotopic (exact) mass is 277 g/mol. The third-order valence-electron chi connectivity index (χ3n) is 4.77. The molecular weight excluding hydrogens is 254 g/mol. The van der Waals surface area contributed by atoms with Gasteiger partial charge in [-0.3, -0.25) is 4.90 Å². The van der Waals surface area contributed by atoms with Crippen LogP contribution in [0.2, 0.25) is 0 Å². The topological polar surface area (TPSA) is 42.7 Å². The quantitative estimate of drug-likeness (QED) is 0.796. The molecule has 2 fully saturated rings. The van der Waals surface area contributed by atoms with Gasteiger partial charge in [0.15, 0.2) is 0 Å². The van der Waals surface area contributed by atoms with E-state index in [0.29, 0.717) is 11.8 Å². The standard InChI is InChI=1S/C16H23NO3/c1-19-16(18)15-9-8-13(20-15)11-17-10-4-6-12-5-2-3-7-14(12)17/h8-9,12,14H,2-7,10-11H2,1H3. The highest BCUT2D eigenvalue weighted by atomic mass is 16.5. The summed E-state index contributed by atoms with van der Waals surface area (Å²) in [7, 11) is 1.38. The van der Waals surface area contributed by atoms with E-state index in [2.05, 4.69) is 9.64 Å². The van der Waals surface area contributed by atoms with E-state index in [1.165, 1.54) is 45.6 Å². The highest BCUT2D eigenvalue weighted by Gasteiger charge is 2.33. The summed E-state index contributed by atoms with van der Waals surface area (Å²) in [5.74, 6) is 1.65. The Balaban J connectivity index is 1.67. The van der Waals surface area contributed by atoms with Crippen molar-refractivity contribution in [2.75, 3.05) is 13.7 Å². The molecule has 2 aliphatic rings. The molecule has 0 amide bonds. The van der Waals surface area contributed by atoms with Crippen LogP contribution in [0.4, 0.5) is 0 Å². The molecule has 1 saturated heterocycles. The van der Waals surface area contributed by atoms with Gasteiger partial charge in [0, 0.05) is 6.04 Å². The number of nitrogens with zero attached hydrogens (tertiary/aromatic N) is 1. The molecule has 3 rings (SSSR count). The molecule has 0 spiro atoms. The zero-order valence-corrected chi connectivity index (χ0v) is 12.1. The third-order valence-corrected chi connectivity index (χ3v) is 4.77. The van der Waals surface area contributed by atoms with E-state index in [1.807, 2.05) is 6.07 Å². The first-order valence-electron chi connectivity index (χ1n) is 7.69. The maximum Gasteiger partial charge on any atom is 0.373 e. The molecule has 1 aromatic heterocycles. The van der Waals surface area contributed by atoms with Gasteiger partial charge in [0.05, 0.1) is 13.7 Å². The molecule has 4 nitrogen and oxygen atoms in total. The van der Waals surface area contributed by atoms with Gasteiger partial charge in [0.1, 0.15) is 5.76 Å². The summed E-state index contributed by atoms with van der Waals surface area (Å²) in [4.78, 5) is 14.0. The maximum absolute atomic E-state index is 11.4. The molecule has 4 heteroatoms. The first-order valence-corrected chi connectivity index (χ1v) is 7.69. The number of carbonyl (C=O) groups is 1. The van der Waals surface area contributed by atoms with Crippen molar-refractivity contribution in [2.45, 2.75) is 51.1 Å². The van der Waals surface area contributed by atoms with Gasteiger partial charge in [-0.1, -0.05) is 12.8 Å². The van der Waals surface area contributed by atoms with Gasteiger partial charge in [-0.15, -0.1) is 0 Å². The van der Waals surface area contributed by atoms with Crippen LogP contribution >= 0.6 is 0 Å². The fourth-order valence-corrected chi connectivity index (χ4v) is 3.80. The summed E-state index contributed by atoms with van der Waals surface area (Å²) in [6.45, 7) is 1.97. The molecule has 1 aliphatic heterocycles. The van der Waals surface area contributed by atoms with E-state index in [9.17, 15) is 4.79 Å². The second-order valence-electron chi connectivity index (χ2n) is 5.98. The van der Waals surface area contributed by atoms with Crippen LogP contribution in [0.3, 0.4) is 0 Å². The normalized spacial score (nSPS) is 27.1. The van der Waals surface area contributed by atoms with E-state index in [4.69, 9.17) is 4.42 Å². The molecule has 0 radical (unpaired) electrons. The molecule has 0 aromatic carbocycles. The number of carbonyl (C=O) groups excluding carboxylic acids is 1. The number of fused-ring (bicyclic) bond motifs is 1. The van der Waals surface area contributed by atoms with Crippen molar-refractivity contribution in [3.63, 3.8) is 0 Å². The van der Waals surface area contributed by atoms with Crippen LogP contribution in [-0.2, 0) is 11.3 Å². The lowest BCUT2D eigenvalue weighted by atomic mass is 9.78. The fourth-order valence-electron chi connectivity index (χ4n) is 3.80. The molecule has 2 unspecified atom stereocenters. The number of hydrogen-bond donors (Lipinski definition) is 0. The molecule has 0 bridgehead atoms. The average Bonchev–Trinajstić information content (AvgIpc) is 2.95. The summed E-state index contributed by atoms with van der Waals surface area (Å²) in [6, 6.07) is 4.33. The minimum atomic E-state index is -0.398. The van der Waals surface area contributed by atoms with Crippen molar-refractivity contribution in [2.24, 2.45) is 5.92 Å². The van der Waals surface area contributed by atoms with Crippen LogP contribution in [-0.4, -0.2) is 30.6 Å². The number of methoxy groups -OCH3 is 1. The molecule has 1 aromatic rings. The van der Waals surface area contributed by atoms with Gasteiger partial charge in [-0.2, -0.15) is 0 Å². The highest BCUT2D eigenvalue weighted by molar-refractivity contribution is 5.86. The Morgan fingerprint density at radius 1 is 1.30 bits per heavy atom. The lowest BCUT2D eigenvalue weighted by molar-refractivity contribution is 0.0467. The maximum atomic E-state index is 11.4. The average molecular weight is 277 g/mol. The molecule has 2 heterocycles. The fraction of sp³-hybridized carbons (Fsp3) is 0.688. The molecular formula is C16H23NO3. The molecule has 0 N–H and O–H groups in total. The van der Waals surface area contributed by atoms with Gasteiger partial charge in [0.25, 0.3) is 0 Å². The molecule has 2 atom stereocenters. The SMILES string of the molecule is COC(=O)c1ccc(CN2CCCC3CCCCC32)o1. The van der Waals surface area contributed by atoms with Crippen molar-refractivity contribution < 1.29 is 13.9 Å². The molecule has 1 saturated carbocycles. The first kappa shape index (κ1) is 13.7. The largest absolute Gasteiger partial charge is 0.463 e. The Labute approximate surface area is 120 Å². The minimum absolute atomic E-state index is 0.305. The summed E-state index contributed by atoms with van der Waals surface area (Å²) < 4.78 is 10.3. The number of esters is 1. The van der Waals surface area contributed by atoms with Crippen LogP contribution in [0.5, 0.6) is 0 Å². The van der Waals surface area contributed by atoms with Crippen LogP contribution in [0, 0.1) is 5.92 Å². The third kappa shape index (κ3) is 2.75. The van der Waals surface area contributed by atoms with E-state index in [0.717, 1.165) is 24.8 Å². The van der Waals surface area contributed by atoms with Crippen LogP contribution < -0.4 is 0 Å². The van der Waals surface area contributed by atoms with Gasteiger partial charge >= 0.3 is 5.97 Å². The van der Waals surface area contributed by atoms with Crippen molar-refractivity contribution in [1.29, 1.82) is 0 Å². The van der Waals surface area contributed by atoms with Gasteiger partial charge in [-0.25, -0.2) is 4.79 Å². The van der Waals surface area contributed by atoms with Crippen molar-refractivity contribution in [1.82, 2.24) is 4.90 Å². The number of hydrogen-bond acceptors (Lipinski definition) is 4. The number of piperidine rings is 1. The zero-order valence-electron chi connectivity index (χ0n) is 12.1. The minimum Gasteiger partial charge on any atom is -0.463 e. The number of ether oxygens (including phenoxy) is 1. The first-order chi connectivity index (χ1) is 9.78. The molecule has 20 heavy (non-hydrogen) atoms. The Morgan fingerprint density at radius 2 is 2.10 bits per heavy atom. The van der Waals surface area contributed by atoms with E-state index >= 15 is 0 Å². The van der Waals surface area contributed by atoms with E-state index < -0.39 is 5.97 Å². The zero-order chi connectivity index (χ0) is 13.9. The molecule has 1 aliphatic carbocycles. The lowest BCUT2D eigenvalue weighted by Crippen LogP contribution is -2.46. The highest BCUT2D eigenvalue weighted by Crippen LogP contribution is 2.36. The lowest BCUT2D eigenvalue weighted by Gasteiger charge is -2.43. The Bertz CT molecular complexity index is 466. The Hall–Kier alpha value is -1.29. The summed E-state index contributed by atoms with van der Waals surface area (Å²) >= 11 is 0. The van der Waals surface area contributed by atoms with Crippen molar-refractivity contribution in [3.05, 3.63) is 23.7 Å². The second kappa shape index (κ2) is 6.00. The van der Waals surface area contributed by atoms with Gasteiger partial charge < -0.3 is 9.15 Å². The second-order valence-corrected chi connectivity index (χ2v) is 5.98. The van der Waals surface area contributed by atoms with Crippen molar-refractivity contribution >= 4 is 5.97 Å². The Morgan fingerprint density at radius 3 is 2.95 bits per heavy atom. The van der Waals surface area contributed by atoms with Crippen LogP contribution in [0.1, 0.15) is 54.8 Å². The van der Waals surface area contributed by atoms with E-state index in [-0.39, 0.29) is 0 Å². The van der Waals surface area contributed by atoms with Gasteiger partial charge in [0.2, 0.25) is 5.76 Å². The number of likely N-dealkylation sites (tertiary alicyclic amines) is 1. The predicted octanol–water partition coefficient (Wildman–Crippen LogP) is 3.22. The predicted molar refractivity (Wildman–Crippen MR) is 75.4 cm³/mol. The number of rotatable bonds is 3. The summed E-state index contributed by atoms with van der Waals surface area (Å²) in [5, 5.41) is 0. The van der Waals surface area contributed by atoms with Crippen molar-refractivity contribution in [3.8, 4) is 0 Å². The Kier molecular flexibility index (Phi) is 4.10.